The van der Waals surface area contributed by atoms with Crippen molar-refractivity contribution in [2.45, 2.75) is 0 Å². The monoisotopic (exact) mass is 168 g/mol. The van der Waals surface area contributed by atoms with Gasteiger partial charge < -0.3 is 9.38 Å². The van der Waals surface area contributed by atoms with E-state index in [-0.39, 0.29) is 6.54 Å². The molecule has 60 valence electrons. The van der Waals surface area contributed by atoms with Crippen LogP contribution in [0.15, 0.2) is 0 Å². The highest BCUT2D eigenvalue weighted by Gasteiger charge is 2.22. The highest BCUT2D eigenvalue weighted by molar-refractivity contribution is 7.64. The Morgan fingerprint density at radius 3 is 2.10 bits per heavy atom. The lowest BCUT2D eigenvalue weighted by Crippen LogP contribution is -2.38. The van der Waals surface area contributed by atoms with Crippen LogP contribution in [0.2, 0.25) is 0 Å². The van der Waals surface area contributed by atoms with Crippen molar-refractivity contribution >= 4 is 14.0 Å². The number of hydrogen-bond acceptors (Lipinski definition) is 2. The van der Waals surface area contributed by atoms with E-state index < -0.39 is 14.0 Å². The Bertz CT molecular complexity index is 132. The third-order valence-electron chi connectivity index (χ3n) is 0.815. The van der Waals surface area contributed by atoms with Crippen LogP contribution < -0.4 is 0 Å². The van der Waals surface area contributed by atoms with Crippen LogP contribution in [0, 0.1) is 0 Å². The minimum atomic E-state index is -2.88. The molecule has 0 aliphatic carbocycles. The van der Waals surface area contributed by atoms with E-state index in [1.807, 2.05) is 0 Å². The maximum absolute atomic E-state index is 11.9. The van der Waals surface area contributed by atoms with E-state index in [9.17, 15) is 8.99 Å². The van der Waals surface area contributed by atoms with E-state index >= 15 is 0 Å². The van der Waals surface area contributed by atoms with Crippen LogP contribution in [-0.4, -0.2) is 42.6 Å². The SMILES string of the molecule is C[N+](C)(C)CC(=O)P(O)F. The molecule has 0 spiro atoms. The molecule has 0 saturated carbocycles. The van der Waals surface area contributed by atoms with Crippen molar-refractivity contribution in [2.24, 2.45) is 0 Å². The summed E-state index contributed by atoms with van der Waals surface area (Å²) in [5.41, 5.74) is -0.706. The molecule has 0 rings (SSSR count). The highest BCUT2D eigenvalue weighted by Crippen LogP contribution is 2.32. The molecule has 0 aromatic rings. The summed E-state index contributed by atoms with van der Waals surface area (Å²) in [6.45, 7) is 0.0404. The van der Waals surface area contributed by atoms with Crippen molar-refractivity contribution in [1.82, 2.24) is 0 Å². The minimum Gasteiger partial charge on any atom is -0.341 e. The fourth-order valence-corrected chi connectivity index (χ4v) is 1.01. The van der Waals surface area contributed by atoms with E-state index in [4.69, 9.17) is 4.89 Å². The second-order valence-corrected chi connectivity index (χ2v) is 4.12. The second kappa shape index (κ2) is 3.37. The summed E-state index contributed by atoms with van der Waals surface area (Å²) in [4.78, 5) is 18.8. The average Bonchev–Trinajstić information content (AvgIpc) is 1.60. The van der Waals surface area contributed by atoms with Gasteiger partial charge in [0.25, 0.3) is 14.0 Å². The van der Waals surface area contributed by atoms with Crippen LogP contribution >= 0.6 is 8.46 Å². The van der Waals surface area contributed by atoms with Gasteiger partial charge in [0, 0.05) is 0 Å². The average molecular weight is 168 g/mol. The number of halogens is 1. The predicted molar refractivity (Wildman–Crippen MR) is 38.2 cm³/mol. The third-order valence-corrected chi connectivity index (χ3v) is 1.37. The van der Waals surface area contributed by atoms with Gasteiger partial charge in [-0.1, -0.05) is 0 Å². The van der Waals surface area contributed by atoms with Gasteiger partial charge >= 0.3 is 0 Å². The third kappa shape index (κ3) is 4.79. The van der Waals surface area contributed by atoms with Gasteiger partial charge in [-0.15, -0.1) is 0 Å². The van der Waals surface area contributed by atoms with Crippen LogP contribution in [0.25, 0.3) is 0 Å². The Balaban J connectivity index is 3.81. The maximum Gasteiger partial charge on any atom is 0.294 e. The largest absolute Gasteiger partial charge is 0.341 e. The predicted octanol–water partition coefficient (Wildman–Crippen LogP) is 0.493. The Labute approximate surface area is 61.0 Å². The number of likely N-dealkylation sites (N-methyl/N-ethyl adjacent to an activating group) is 1. The molecule has 1 atom stereocenters. The summed E-state index contributed by atoms with van der Waals surface area (Å²) >= 11 is 0. The molecule has 0 aromatic carbocycles. The lowest BCUT2D eigenvalue weighted by molar-refractivity contribution is -0.861. The normalized spacial score (nSPS) is 14.9. The molecule has 1 N–H and O–H groups in total. The molecule has 0 amide bonds. The molecule has 0 fully saturated rings. The molecular weight excluding hydrogens is 156 g/mol. The standard InChI is InChI=1S/C5H12FNO2P/c1-7(2,3)4-5(8)10(6)9/h9H,4H2,1-3H3/q+1. The number of quaternary nitrogens is 1. The summed E-state index contributed by atoms with van der Waals surface area (Å²) in [5.74, 6) is 0. The molecule has 0 bridgehead atoms. The number of hydrogen-bond donors (Lipinski definition) is 1. The molecule has 3 nitrogen and oxygen atoms in total. The Morgan fingerprint density at radius 1 is 1.60 bits per heavy atom. The fraction of sp³-hybridized carbons (Fsp3) is 0.800. The van der Waals surface area contributed by atoms with Crippen LogP contribution in [0.4, 0.5) is 4.20 Å². The van der Waals surface area contributed by atoms with Gasteiger partial charge in [-0.3, -0.25) is 4.79 Å². The van der Waals surface area contributed by atoms with E-state index in [0.29, 0.717) is 4.48 Å². The molecule has 0 radical (unpaired) electrons. The lowest BCUT2D eigenvalue weighted by Gasteiger charge is -2.22. The second-order valence-electron chi connectivity index (χ2n) is 3.10. The molecule has 5 heteroatoms. The van der Waals surface area contributed by atoms with Gasteiger partial charge in [0.15, 0.2) is 0 Å². The van der Waals surface area contributed by atoms with Crippen molar-refractivity contribution in [3.63, 3.8) is 0 Å². The zero-order chi connectivity index (χ0) is 8.36. The minimum absolute atomic E-state index is 0.0404. The van der Waals surface area contributed by atoms with Gasteiger partial charge in [0.1, 0.15) is 6.54 Å². The summed E-state index contributed by atoms with van der Waals surface area (Å²) < 4.78 is 12.2. The molecule has 0 aromatic heterocycles. The first-order valence-corrected chi connectivity index (χ1v) is 3.99. The molecule has 0 heterocycles. The van der Waals surface area contributed by atoms with Gasteiger partial charge in [-0.2, -0.15) is 4.20 Å². The van der Waals surface area contributed by atoms with Gasteiger partial charge in [-0.05, 0) is 0 Å². The van der Waals surface area contributed by atoms with Crippen molar-refractivity contribution in [2.75, 3.05) is 27.7 Å². The van der Waals surface area contributed by atoms with E-state index in [0.717, 1.165) is 0 Å². The van der Waals surface area contributed by atoms with Crippen molar-refractivity contribution in [3.8, 4) is 0 Å². The lowest BCUT2D eigenvalue weighted by atomic mass is 10.5. The Morgan fingerprint density at radius 2 is 2.00 bits per heavy atom. The van der Waals surface area contributed by atoms with Gasteiger partial charge in [0.05, 0.1) is 21.1 Å². The van der Waals surface area contributed by atoms with Crippen LogP contribution in [0.5, 0.6) is 0 Å². The molecular formula is C5H12FNO2P+. The van der Waals surface area contributed by atoms with Crippen LogP contribution in [0.1, 0.15) is 0 Å². The molecule has 1 unspecified atom stereocenters. The summed E-state index contributed by atoms with van der Waals surface area (Å²) in [6, 6.07) is 0. The Hall–Kier alpha value is -0.0500. The van der Waals surface area contributed by atoms with Gasteiger partial charge in [0.2, 0.25) is 0 Å². The van der Waals surface area contributed by atoms with Crippen molar-refractivity contribution < 1.29 is 18.4 Å². The topological polar surface area (TPSA) is 37.3 Å². The summed E-state index contributed by atoms with van der Waals surface area (Å²) in [7, 11) is 2.40. The molecule has 0 aliphatic heterocycles. The zero-order valence-electron chi connectivity index (χ0n) is 6.33. The van der Waals surface area contributed by atoms with Crippen molar-refractivity contribution in [3.05, 3.63) is 0 Å². The van der Waals surface area contributed by atoms with E-state index in [2.05, 4.69) is 0 Å². The van der Waals surface area contributed by atoms with E-state index in [1.54, 1.807) is 21.1 Å². The zero-order valence-corrected chi connectivity index (χ0v) is 7.23. The molecule has 10 heavy (non-hydrogen) atoms. The van der Waals surface area contributed by atoms with Crippen molar-refractivity contribution in [1.29, 1.82) is 0 Å². The van der Waals surface area contributed by atoms with Crippen LogP contribution in [-0.2, 0) is 4.79 Å². The number of nitrogens with zero attached hydrogens (tertiary/aromatic N) is 1. The first-order chi connectivity index (χ1) is 4.33. The van der Waals surface area contributed by atoms with Crippen LogP contribution in [0.3, 0.4) is 0 Å². The smallest absolute Gasteiger partial charge is 0.294 e. The molecule has 0 aliphatic rings. The number of carbonyl (C=O) groups is 1. The number of carbonyl (C=O) groups excluding carboxylic acids is 1. The first kappa shape index (κ1) is 9.95. The molecule has 0 saturated heterocycles. The Kier molecular flexibility index (Phi) is 3.36. The summed E-state index contributed by atoms with van der Waals surface area (Å²) in [6.07, 6.45) is 0. The highest BCUT2D eigenvalue weighted by atomic mass is 31.2. The fourth-order valence-electron chi connectivity index (χ4n) is 0.464. The summed E-state index contributed by atoms with van der Waals surface area (Å²) in [5, 5.41) is 0. The number of rotatable bonds is 3. The van der Waals surface area contributed by atoms with E-state index in [1.165, 1.54) is 0 Å². The maximum atomic E-state index is 11.9. The first-order valence-electron chi connectivity index (χ1n) is 2.81. The quantitative estimate of drug-likeness (QED) is 0.492. The van der Waals surface area contributed by atoms with Gasteiger partial charge in [-0.25, -0.2) is 0 Å².